The normalized spacial score (nSPS) is 15.2. The maximum Gasteiger partial charge on any atom is 0.368 e. The number of aryl methyl sites for hydroxylation is 1. The Morgan fingerprint density at radius 1 is 1.00 bits per heavy atom. The SMILES string of the molecule is CCC(S[C@H](CCc1ccccc1)C(=O)N[C@H](C)CC(C)C)C(CCCCNC)SC(=O)OC(C)(C)C. The molecule has 0 saturated carbocycles. The molecule has 1 aromatic rings. The summed E-state index contributed by atoms with van der Waals surface area (Å²) in [4.78, 5) is 26.3. The van der Waals surface area contributed by atoms with Gasteiger partial charge >= 0.3 is 5.30 Å². The van der Waals surface area contributed by atoms with Gasteiger partial charge in [-0.05, 0) is 103 Å². The van der Waals surface area contributed by atoms with E-state index in [9.17, 15) is 9.59 Å². The monoisotopic (exact) mass is 552 g/mol. The number of benzene rings is 1. The maximum atomic E-state index is 13.5. The van der Waals surface area contributed by atoms with Crippen LogP contribution in [0.15, 0.2) is 30.3 Å². The van der Waals surface area contributed by atoms with E-state index in [-0.39, 0.29) is 33.0 Å². The number of rotatable bonds is 17. The van der Waals surface area contributed by atoms with Gasteiger partial charge < -0.3 is 15.4 Å². The first-order valence-corrected chi connectivity index (χ1v) is 15.8. The summed E-state index contributed by atoms with van der Waals surface area (Å²) in [5, 5.41) is 6.38. The largest absolute Gasteiger partial charge is 0.452 e. The summed E-state index contributed by atoms with van der Waals surface area (Å²) in [7, 11) is 1.97. The van der Waals surface area contributed by atoms with Gasteiger partial charge in [-0.25, -0.2) is 4.79 Å². The van der Waals surface area contributed by atoms with E-state index in [2.05, 4.69) is 62.6 Å². The lowest BCUT2D eigenvalue weighted by Crippen LogP contribution is -2.41. The van der Waals surface area contributed by atoms with Crippen molar-refractivity contribution < 1.29 is 14.3 Å². The fraction of sp³-hybridized carbons (Fsp3) is 0.733. The Bertz CT molecular complexity index is 768. The van der Waals surface area contributed by atoms with E-state index in [0.29, 0.717) is 5.92 Å². The van der Waals surface area contributed by atoms with Crippen LogP contribution in [0.4, 0.5) is 4.79 Å². The number of thioether (sulfide) groups is 2. The minimum atomic E-state index is -0.514. The molecular formula is C30H52N2O3S2. The average Bonchev–Trinajstić information content (AvgIpc) is 2.80. The smallest absolute Gasteiger partial charge is 0.368 e. The second-order valence-corrected chi connectivity index (χ2v) is 14.0. The van der Waals surface area contributed by atoms with Crippen molar-refractivity contribution in [2.75, 3.05) is 13.6 Å². The molecule has 5 nitrogen and oxygen atoms in total. The Kier molecular flexibility index (Phi) is 16.6. The first kappa shape index (κ1) is 33.8. The summed E-state index contributed by atoms with van der Waals surface area (Å²) in [6.07, 6.45) is 6.50. The molecular weight excluding hydrogens is 500 g/mol. The van der Waals surface area contributed by atoms with Crippen LogP contribution >= 0.6 is 23.5 Å². The van der Waals surface area contributed by atoms with Gasteiger partial charge in [0.1, 0.15) is 5.60 Å². The predicted octanol–water partition coefficient (Wildman–Crippen LogP) is 7.48. The number of amides is 1. The zero-order chi connectivity index (χ0) is 27.8. The van der Waals surface area contributed by atoms with E-state index in [1.54, 1.807) is 11.8 Å². The summed E-state index contributed by atoms with van der Waals surface area (Å²) in [5.41, 5.74) is 0.733. The van der Waals surface area contributed by atoms with E-state index in [4.69, 9.17) is 4.74 Å². The van der Waals surface area contributed by atoms with Crippen molar-refractivity contribution in [3.63, 3.8) is 0 Å². The third-order valence-corrected chi connectivity index (χ3v) is 9.11. The van der Waals surface area contributed by atoms with Gasteiger partial charge in [-0.15, -0.1) is 11.8 Å². The predicted molar refractivity (Wildman–Crippen MR) is 163 cm³/mol. The Labute approximate surface area is 235 Å². The van der Waals surface area contributed by atoms with E-state index < -0.39 is 5.60 Å². The van der Waals surface area contributed by atoms with Gasteiger partial charge in [0, 0.05) is 16.5 Å². The summed E-state index contributed by atoms with van der Waals surface area (Å²) < 4.78 is 5.66. The van der Waals surface area contributed by atoms with Crippen molar-refractivity contribution in [1.82, 2.24) is 10.6 Å². The first-order valence-electron chi connectivity index (χ1n) is 14.0. The molecule has 1 rings (SSSR count). The molecule has 0 aliphatic heterocycles. The van der Waals surface area contributed by atoms with Gasteiger partial charge in [-0.2, -0.15) is 0 Å². The Balaban J connectivity index is 3.04. The van der Waals surface area contributed by atoms with Crippen LogP contribution in [0.3, 0.4) is 0 Å². The molecule has 0 fully saturated rings. The van der Waals surface area contributed by atoms with E-state index in [1.165, 1.54) is 17.3 Å². The highest BCUT2D eigenvalue weighted by molar-refractivity contribution is 8.14. The topological polar surface area (TPSA) is 67.4 Å². The van der Waals surface area contributed by atoms with Crippen LogP contribution in [0.25, 0.3) is 0 Å². The highest BCUT2D eigenvalue weighted by Crippen LogP contribution is 2.36. The quantitative estimate of drug-likeness (QED) is 0.154. The summed E-state index contributed by atoms with van der Waals surface area (Å²) in [6.45, 7) is 15.3. The number of hydrogen-bond acceptors (Lipinski definition) is 6. The number of nitrogens with one attached hydrogen (secondary N) is 2. The van der Waals surface area contributed by atoms with Crippen LogP contribution in [-0.2, 0) is 16.0 Å². The highest BCUT2D eigenvalue weighted by atomic mass is 32.2. The number of carbonyl (C=O) groups is 2. The van der Waals surface area contributed by atoms with Crippen molar-refractivity contribution in [1.29, 1.82) is 0 Å². The van der Waals surface area contributed by atoms with Gasteiger partial charge in [-0.1, -0.05) is 57.5 Å². The number of carbonyl (C=O) groups excluding carboxylic acids is 2. The number of unbranched alkanes of at least 4 members (excludes halogenated alkanes) is 1. The molecule has 0 saturated heterocycles. The van der Waals surface area contributed by atoms with Crippen LogP contribution < -0.4 is 10.6 Å². The molecule has 37 heavy (non-hydrogen) atoms. The maximum absolute atomic E-state index is 13.5. The van der Waals surface area contributed by atoms with Gasteiger partial charge in [0.15, 0.2) is 0 Å². The zero-order valence-corrected chi connectivity index (χ0v) is 26.1. The van der Waals surface area contributed by atoms with Gasteiger partial charge in [0.25, 0.3) is 0 Å². The zero-order valence-electron chi connectivity index (χ0n) is 24.5. The molecule has 0 aromatic heterocycles. The van der Waals surface area contributed by atoms with E-state index >= 15 is 0 Å². The van der Waals surface area contributed by atoms with Crippen molar-refractivity contribution in [3.05, 3.63) is 35.9 Å². The van der Waals surface area contributed by atoms with Crippen LogP contribution in [0.2, 0.25) is 0 Å². The Morgan fingerprint density at radius 2 is 1.68 bits per heavy atom. The molecule has 0 spiro atoms. The second-order valence-electron chi connectivity index (χ2n) is 11.4. The van der Waals surface area contributed by atoms with Gasteiger partial charge in [-0.3, -0.25) is 4.79 Å². The summed E-state index contributed by atoms with van der Waals surface area (Å²) >= 11 is 3.07. The first-order chi connectivity index (χ1) is 17.4. The van der Waals surface area contributed by atoms with E-state index in [0.717, 1.165) is 51.5 Å². The van der Waals surface area contributed by atoms with Crippen molar-refractivity contribution >= 4 is 34.7 Å². The molecule has 7 heteroatoms. The molecule has 2 N–H and O–H groups in total. The van der Waals surface area contributed by atoms with Crippen molar-refractivity contribution in [3.8, 4) is 0 Å². The van der Waals surface area contributed by atoms with Crippen LogP contribution in [-0.4, -0.2) is 52.2 Å². The summed E-state index contributed by atoms with van der Waals surface area (Å²) in [6, 6.07) is 10.5. The molecule has 2 unspecified atom stereocenters. The number of hydrogen-bond donors (Lipinski definition) is 2. The Morgan fingerprint density at radius 3 is 2.24 bits per heavy atom. The highest BCUT2D eigenvalue weighted by Gasteiger charge is 2.31. The standard InChI is InChI=1S/C30H52N2O3S2/c1-9-25(26(17-13-14-20-31-8)37-29(34)35-30(5,6)7)36-27(19-18-24-15-11-10-12-16-24)28(33)32-23(4)21-22(2)3/h10-12,15-16,22-23,25-27,31H,9,13-14,17-21H2,1-8H3,(H,32,33)/t23-,25?,26?,27-/m1/s1. The lowest BCUT2D eigenvalue weighted by atomic mass is 10.0. The molecule has 1 aromatic carbocycles. The lowest BCUT2D eigenvalue weighted by Gasteiger charge is -2.30. The van der Waals surface area contributed by atoms with Crippen molar-refractivity contribution in [2.24, 2.45) is 5.92 Å². The lowest BCUT2D eigenvalue weighted by molar-refractivity contribution is -0.121. The minimum absolute atomic E-state index is 0.0989. The number of ether oxygens (including phenoxy) is 1. The van der Waals surface area contributed by atoms with Crippen LogP contribution in [0, 0.1) is 5.92 Å². The van der Waals surface area contributed by atoms with Gasteiger partial charge in [0.2, 0.25) is 5.91 Å². The minimum Gasteiger partial charge on any atom is -0.452 e. The molecule has 0 heterocycles. The second kappa shape index (κ2) is 18.2. The molecule has 0 bridgehead atoms. The third-order valence-electron chi connectivity index (χ3n) is 6.00. The molecule has 0 radical (unpaired) electrons. The molecule has 0 aliphatic carbocycles. The molecule has 1 amide bonds. The molecule has 212 valence electrons. The fourth-order valence-corrected chi connectivity index (χ4v) is 7.23. The van der Waals surface area contributed by atoms with Gasteiger partial charge in [0.05, 0.1) is 5.25 Å². The van der Waals surface area contributed by atoms with Crippen LogP contribution in [0.1, 0.15) is 92.6 Å². The van der Waals surface area contributed by atoms with Crippen LogP contribution in [0.5, 0.6) is 0 Å². The molecule has 0 aliphatic rings. The summed E-state index contributed by atoms with van der Waals surface area (Å²) in [5.74, 6) is 0.644. The third kappa shape index (κ3) is 15.7. The van der Waals surface area contributed by atoms with Crippen molar-refractivity contribution in [2.45, 2.75) is 121 Å². The Hall–Kier alpha value is -1.18. The molecule has 4 atom stereocenters. The fourth-order valence-electron chi connectivity index (χ4n) is 4.33. The average molecular weight is 553 g/mol. The van der Waals surface area contributed by atoms with E-state index in [1.807, 2.05) is 33.9 Å².